The Balaban J connectivity index is 1.55. The van der Waals surface area contributed by atoms with Crippen molar-refractivity contribution in [2.24, 2.45) is 0 Å². The average Bonchev–Trinajstić information content (AvgIpc) is 3.15. The molecule has 2 N–H and O–H groups in total. The summed E-state index contributed by atoms with van der Waals surface area (Å²) in [7, 11) is 0. The third-order valence-corrected chi connectivity index (χ3v) is 4.02. The number of aliphatic hydroxyl groups is 1. The molecule has 3 rings (SSSR count). The highest BCUT2D eigenvalue weighted by Crippen LogP contribution is 2.13. The molecule has 1 amide bonds. The second-order valence-corrected chi connectivity index (χ2v) is 5.84. The summed E-state index contributed by atoms with van der Waals surface area (Å²) in [5, 5.41) is 16.7. The van der Waals surface area contributed by atoms with E-state index >= 15 is 0 Å². The molecule has 0 saturated heterocycles. The predicted molar refractivity (Wildman–Crippen MR) is 96.3 cm³/mol. The Kier molecular flexibility index (Phi) is 5.59. The number of nitrogens with one attached hydrogen (secondary N) is 1. The third kappa shape index (κ3) is 4.55. The lowest BCUT2D eigenvalue weighted by Gasteiger charge is -2.16. The molecule has 25 heavy (non-hydrogen) atoms. The second kappa shape index (κ2) is 8.26. The van der Waals surface area contributed by atoms with E-state index in [0.29, 0.717) is 12.8 Å². The van der Waals surface area contributed by atoms with Crippen molar-refractivity contribution in [1.29, 1.82) is 0 Å². The molecule has 0 bridgehead atoms. The molecule has 5 nitrogen and oxygen atoms in total. The molecule has 0 unspecified atom stereocenters. The van der Waals surface area contributed by atoms with Gasteiger partial charge in [0.1, 0.15) is 0 Å². The van der Waals surface area contributed by atoms with Crippen LogP contribution < -0.4 is 5.32 Å². The van der Waals surface area contributed by atoms with Crippen molar-refractivity contribution < 1.29 is 9.90 Å². The van der Waals surface area contributed by atoms with Crippen LogP contribution in [0, 0.1) is 0 Å². The molecule has 128 valence electrons. The molecule has 0 fully saturated rings. The van der Waals surface area contributed by atoms with Gasteiger partial charge in [-0.15, -0.1) is 0 Å². The van der Waals surface area contributed by atoms with Crippen LogP contribution in [0.3, 0.4) is 0 Å². The standard InChI is InChI=1S/C20H21N3O2/c24-15-19(17-7-3-1-4-8-17)22-20(25)12-11-16-13-21-23(14-16)18-9-5-2-6-10-18/h1-10,13-14,19,24H,11-12,15H2,(H,22,25)/t19-/m1/s1. The van der Waals surface area contributed by atoms with Crippen LogP contribution in [0.4, 0.5) is 0 Å². The molecule has 0 aliphatic carbocycles. The molecule has 0 spiro atoms. The maximum absolute atomic E-state index is 12.2. The van der Waals surface area contributed by atoms with Crippen LogP contribution in [0.5, 0.6) is 0 Å². The van der Waals surface area contributed by atoms with Gasteiger partial charge in [0, 0.05) is 12.6 Å². The summed E-state index contributed by atoms with van der Waals surface area (Å²) in [4.78, 5) is 12.2. The van der Waals surface area contributed by atoms with Gasteiger partial charge < -0.3 is 10.4 Å². The normalized spacial score (nSPS) is 11.9. The first-order chi connectivity index (χ1) is 12.3. The minimum atomic E-state index is -0.374. The Bertz CT molecular complexity index is 800. The Hall–Kier alpha value is -2.92. The Morgan fingerprint density at radius 2 is 1.76 bits per heavy atom. The van der Waals surface area contributed by atoms with E-state index in [2.05, 4.69) is 10.4 Å². The predicted octanol–water partition coefficient (Wildman–Crippen LogP) is 2.65. The molecule has 2 aromatic carbocycles. The quantitative estimate of drug-likeness (QED) is 0.697. The fourth-order valence-electron chi connectivity index (χ4n) is 2.66. The molecule has 0 aliphatic rings. The highest BCUT2D eigenvalue weighted by atomic mass is 16.3. The zero-order valence-electron chi connectivity index (χ0n) is 13.9. The third-order valence-electron chi connectivity index (χ3n) is 4.02. The fraction of sp³-hybridized carbons (Fsp3) is 0.200. The van der Waals surface area contributed by atoms with Crippen molar-refractivity contribution >= 4 is 5.91 Å². The number of para-hydroxylation sites is 1. The Labute approximate surface area is 146 Å². The van der Waals surface area contributed by atoms with Gasteiger partial charge in [0.15, 0.2) is 0 Å². The average molecular weight is 335 g/mol. The van der Waals surface area contributed by atoms with Crippen molar-refractivity contribution in [2.45, 2.75) is 18.9 Å². The number of rotatable bonds is 7. The number of hydrogen-bond acceptors (Lipinski definition) is 3. The zero-order chi connectivity index (χ0) is 17.5. The van der Waals surface area contributed by atoms with Gasteiger partial charge in [-0.2, -0.15) is 5.10 Å². The molecule has 5 heteroatoms. The summed E-state index contributed by atoms with van der Waals surface area (Å²) < 4.78 is 1.80. The maximum atomic E-state index is 12.2. The number of amides is 1. The van der Waals surface area contributed by atoms with E-state index in [4.69, 9.17) is 0 Å². The van der Waals surface area contributed by atoms with Gasteiger partial charge in [-0.25, -0.2) is 4.68 Å². The minimum Gasteiger partial charge on any atom is -0.394 e. The summed E-state index contributed by atoms with van der Waals surface area (Å²) in [5.41, 5.74) is 2.89. The lowest BCUT2D eigenvalue weighted by atomic mass is 10.1. The van der Waals surface area contributed by atoms with Crippen molar-refractivity contribution in [1.82, 2.24) is 15.1 Å². The van der Waals surface area contributed by atoms with Gasteiger partial charge in [-0.3, -0.25) is 4.79 Å². The number of nitrogens with zero attached hydrogens (tertiary/aromatic N) is 2. The van der Waals surface area contributed by atoms with Gasteiger partial charge in [0.05, 0.1) is 24.5 Å². The summed E-state index contributed by atoms with van der Waals surface area (Å²) in [6.07, 6.45) is 4.67. The smallest absolute Gasteiger partial charge is 0.220 e. The van der Waals surface area contributed by atoms with E-state index in [9.17, 15) is 9.90 Å². The molecular formula is C20H21N3O2. The summed E-state index contributed by atoms with van der Waals surface area (Å²) >= 11 is 0. The number of carbonyl (C=O) groups is 1. The number of hydrogen-bond donors (Lipinski definition) is 2. The monoisotopic (exact) mass is 335 g/mol. The van der Waals surface area contributed by atoms with Crippen LogP contribution in [0.1, 0.15) is 23.6 Å². The van der Waals surface area contributed by atoms with Crippen LogP contribution in [0.25, 0.3) is 5.69 Å². The molecule has 0 aliphatic heterocycles. The first-order valence-electron chi connectivity index (χ1n) is 8.30. The van der Waals surface area contributed by atoms with Gasteiger partial charge in [0.25, 0.3) is 0 Å². The largest absolute Gasteiger partial charge is 0.394 e. The summed E-state index contributed by atoms with van der Waals surface area (Å²) in [5.74, 6) is -0.0876. The van der Waals surface area contributed by atoms with Gasteiger partial charge in [0.2, 0.25) is 5.91 Å². The SMILES string of the molecule is O=C(CCc1cnn(-c2ccccc2)c1)N[C@H](CO)c1ccccc1. The number of aryl methyl sites for hydroxylation is 1. The lowest BCUT2D eigenvalue weighted by Crippen LogP contribution is -2.30. The first kappa shape index (κ1) is 16.9. The molecule has 0 radical (unpaired) electrons. The zero-order valence-corrected chi connectivity index (χ0v) is 13.9. The van der Waals surface area contributed by atoms with Crippen molar-refractivity contribution in [3.63, 3.8) is 0 Å². The fourth-order valence-corrected chi connectivity index (χ4v) is 2.66. The number of aromatic nitrogens is 2. The number of benzene rings is 2. The van der Waals surface area contributed by atoms with Crippen molar-refractivity contribution in [3.05, 3.63) is 84.2 Å². The van der Waals surface area contributed by atoms with Crippen LogP contribution in [-0.4, -0.2) is 27.4 Å². The molecule has 3 aromatic rings. The van der Waals surface area contributed by atoms with E-state index in [1.54, 1.807) is 10.9 Å². The molecule has 1 atom stereocenters. The molecular weight excluding hydrogens is 314 g/mol. The van der Waals surface area contributed by atoms with Crippen LogP contribution in [0.2, 0.25) is 0 Å². The minimum absolute atomic E-state index is 0.0876. The van der Waals surface area contributed by atoms with Crippen LogP contribution >= 0.6 is 0 Å². The van der Waals surface area contributed by atoms with E-state index in [0.717, 1.165) is 16.8 Å². The highest BCUT2D eigenvalue weighted by Gasteiger charge is 2.13. The number of aliphatic hydroxyl groups excluding tert-OH is 1. The van der Waals surface area contributed by atoms with Gasteiger partial charge in [-0.1, -0.05) is 48.5 Å². The van der Waals surface area contributed by atoms with E-state index in [-0.39, 0.29) is 18.6 Å². The summed E-state index contributed by atoms with van der Waals surface area (Å²) in [6.45, 7) is -0.123. The van der Waals surface area contributed by atoms with E-state index in [1.807, 2.05) is 66.9 Å². The molecule has 1 heterocycles. The maximum Gasteiger partial charge on any atom is 0.220 e. The van der Waals surface area contributed by atoms with Crippen molar-refractivity contribution in [2.75, 3.05) is 6.61 Å². The van der Waals surface area contributed by atoms with E-state index < -0.39 is 0 Å². The topological polar surface area (TPSA) is 67.2 Å². The Morgan fingerprint density at radius 3 is 2.44 bits per heavy atom. The van der Waals surface area contributed by atoms with Gasteiger partial charge >= 0.3 is 0 Å². The Morgan fingerprint density at radius 1 is 1.08 bits per heavy atom. The number of carbonyl (C=O) groups excluding carboxylic acids is 1. The molecule has 1 aromatic heterocycles. The van der Waals surface area contributed by atoms with Crippen LogP contribution in [-0.2, 0) is 11.2 Å². The molecule has 0 saturated carbocycles. The first-order valence-corrected chi connectivity index (χ1v) is 8.30. The van der Waals surface area contributed by atoms with Crippen LogP contribution in [0.15, 0.2) is 73.1 Å². The highest BCUT2D eigenvalue weighted by molar-refractivity contribution is 5.76. The lowest BCUT2D eigenvalue weighted by molar-refractivity contribution is -0.122. The van der Waals surface area contributed by atoms with E-state index in [1.165, 1.54) is 0 Å². The van der Waals surface area contributed by atoms with Crippen molar-refractivity contribution in [3.8, 4) is 5.69 Å². The summed E-state index contributed by atoms with van der Waals surface area (Å²) in [6, 6.07) is 18.9. The second-order valence-electron chi connectivity index (χ2n) is 5.84. The van der Waals surface area contributed by atoms with Gasteiger partial charge in [-0.05, 0) is 29.7 Å².